The lowest BCUT2D eigenvalue weighted by Gasteiger charge is -2.28. The van der Waals surface area contributed by atoms with Crippen LogP contribution in [0.2, 0.25) is 0 Å². The van der Waals surface area contributed by atoms with Crippen LogP contribution in [-0.2, 0) is 11.8 Å². The molecule has 0 heterocycles. The molecule has 0 radical (unpaired) electrons. The van der Waals surface area contributed by atoms with Gasteiger partial charge in [0.05, 0.1) is 0 Å². The molecule has 0 bridgehead atoms. The highest BCUT2D eigenvalue weighted by Gasteiger charge is 2.54. The summed E-state index contributed by atoms with van der Waals surface area (Å²) < 4.78 is 1.12. The van der Waals surface area contributed by atoms with Gasteiger partial charge in [0, 0.05) is 14.7 Å². The van der Waals surface area contributed by atoms with Gasteiger partial charge in [-0.3, -0.25) is 9.59 Å². The van der Waals surface area contributed by atoms with Gasteiger partial charge in [0.1, 0.15) is 5.41 Å². The van der Waals surface area contributed by atoms with Gasteiger partial charge in [0.15, 0.2) is 11.6 Å². The number of Topliss-reactive ketones (excluding diaryl/α,β-unsaturated/α-hetero) is 2. The van der Waals surface area contributed by atoms with Crippen molar-refractivity contribution in [2.24, 2.45) is 0 Å². The van der Waals surface area contributed by atoms with Crippen molar-refractivity contribution in [2.75, 3.05) is 0 Å². The quantitative estimate of drug-likeness (QED) is 0.262. The molecule has 4 aromatic rings. The Labute approximate surface area is 182 Å². The van der Waals surface area contributed by atoms with Gasteiger partial charge in [-0.15, -0.1) is 0 Å². The van der Waals surface area contributed by atoms with Gasteiger partial charge in [0.25, 0.3) is 0 Å². The summed E-state index contributed by atoms with van der Waals surface area (Å²) in [5.41, 5.74) is 1.58. The van der Waals surface area contributed by atoms with Crippen LogP contribution in [0, 0.1) is 3.57 Å². The van der Waals surface area contributed by atoms with Crippen LogP contribution in [0.25, 0.3) is 10.8 Å². The summed E-state index contributed by atoms with van der Waals surface area (Å²) in [6.45, 7) is 0. The normalized spacial score (nSPS) is 14.9. The maximum absolute atomic E-state index is 13.8. The molecule has 0 fully saturated rings. The monoisotopic (exact) mass is 488 g/mol. The fraction of sp³-hybridized carbons (Fsp3) is 0.0769. The highest BCUT2D eigenvalue weighted by molar-refractivity contribution is 14.1. The summed E-state index contributed by atoms with van der Waals surface area (Å²) in [5.74, 6) is -0.207. The number of ketones is 2. The van der Waals surface area contributed by atoms with E-state index in [1.807, 2.05) is 78.9 Å². The predicted octanol–water partition coefficient (Wildman–Crippen LogP) is 6.00. The molecular formula is C26H17IO2. The van der Waals surface area contributed by atoms with Gasteiger partial charge in [-0.1, -0.05) is 78.9 Å². The van der Waals surface area contributed by atoms with Crippen LogP contribution in [-0.4, -0.2) is 11.6 Å². The Balaban J connectivity index is 1.80. The first-order valence-electron chi connectivity index (χ1n) is 9.52. The van der Waals surface area contributed by atoms with E-state index in [2.05, 4.69) is 22.6 Å². The van der Waals surface area contributed by atoms with Crippen molar-refractivity contribution in [1.82, 2.24) is 0 Å². The van der Waals surface area contributed by atoms with Gasteiger partial charge in [-0.25, -0.2) is 0 Å². The van der Waals surface area contributed by atoms with Crippen LogP contribution >= 0.6 is 22.6 Å². The standard InChI is InChI=1S/C26H17IO2/c27-19-14-12-17(13-15-19)16-26(23-11-5-7-18-6-1-2-8-20(18)23)24(28)21-9-3-4-10-22(21)25(26)29/h1-15H,16H2. The first kappa shape index (κ1) is 18.3. The lowest BCUT2D eigenvalue weighted by atomic mass is 9.70. The van der Waals surface area contributed by atoms with E-state index < -0.39 is 5.41 Å². The van der Waals surface area contributed by atoms with Crippen molar-refractivity contribution in [2.45, 2.75) is 11.8 Å². The zero-order chi connectivity index (χ0) is 20.0. The van der Waals surface area contributed by atoms with Gasteiger partial charge >= 0.3 is 0 Å². The Morgan fingerprint density at radius 2 is 1.24 bits per heavy atom. The molecule has 0 N–H and O–H groups in total. The van der Waals surface area contributed by atoms with Gasteiger partial charge in [0.2, 0.25) is 0 Å². The maximum atomic E-state index is 13.8. The largest absolute Gasteiger partial charge is 0.293 e. The molecule has 0 unspecified atom stereocenters. The number of halogens is 1. The SMILES string of the molecule is O=C1c2ccccc2C(=O)C1(Cc1ccc(I)cc1)c1cccc2ccccc12. The van der Waals surface area contributed by atoms with E-state index in [9.17, 15) is 9.59 Å². The first-order valence-corrected chi connectivity index (χ1v) is 10.6. The second-order valence-corrected chi connectivity index (χ2v) is 8.68. The van der Waals surface area contributed by atoms with Crippen molar-refractivity contribution in [3.63, 3.8) is 0 Å². The molecule has 0 spiro atoms. The maximum Gasteiger partial charge on any atom is 0.182 e. The van der Waals surface area contributed by atoms with Crippen LogP contribution in [0.1, 0.15) is 31.8 Å². The molecular weight excluding hydrogens is 471 g/mol. The summed E-state index contributed by atoms with van der Waals surface area (Å²) in [7, 11) is 0. The number of carbonyl (C=O) groups is 2. The average molecular weight is 488 g/mol. The summed E-state index contributed by atoms with van der Waals surface area (Å²) in [5, 5.41) is 1.98. The average Bonchev–Trinajstić information content (AvgIpc) is 2.98. The lowest BCUT2D eigenvalue weighted by molar-refractivity contribution is 0.0794. The fourth-order valence-corrected chi connectivity index (χ4v) is 4.81. The van der Waals surface area contributed by atoms with Crippen LogP contribution < -0.4 is 0 Å². The summed E-state index contributed by atoms with van der Waals surface area (Å²) in [6, 6.07) is 29.1. The highest BCUT2D eigenvalue weighted by Crippen LogP contribution is 2.44. The number of hydrogen-bond acceptors (Lipinski definition) is 2. The van der Waals surface area contributed by atoms with E-state index in [0.717, 1.165) is 25.5 Å². The first-order chi connectivity index (χ1) is 14.1. The van der Waals surface area contributed by atoms with Crippen molar-refractivity contribution in [3.8, 4) is 0 Å². The van der Waals surface area contributed by atoms with E-state index in [-0.39, 0.29) is 11.6 Å². The summed E-state index contributed by atoms with van der Waals surface area (Å²) in [6.07, 6.45) is 0.351. The molecule has 1 aliphatic rings. The minimum atomic E-state index is -1.24. The summed E-state index contributed by atoms with van der Waals surface area (Å²) >= 11 is 2.26. The number of rotatable bonds is 3. The minimum Gasteiger partial charge on any atom is -0.293 e. The highest BCUT2D eigenvalue weighted by atomic mass is 127. The van der Waals surface area contributed by atoms with E-state index in [1.54, 1.807) is 12.1 Å². The van der Waals surface area contributed by atoms with Gasteiger partial charge in [-0.2, -0.15) is 0 Å². The molecule has 1 aliphatic carbocycles. The van der Waals surface area contributed by atoms with Crippen LogP contribution in [0.15, 0.2) is 91.0 Å². The molecule has 0 aromatic heterocycles. The van der Waals surface area contributed by atoms with Gasteiger partial charge in [-0.05, 0) is 63.0 Å². The molecule has 0 atom stereocenters. The van der Waals surface area contributed by atoms with E-state index >= 15 is 0 Å². The third-order valence-electron chi connectivity index (χ3n) is 5.82. The van der Waals surface area contributed by atoms with Crippen molar-refractivity contribution < 1.29 is 9.59 Å². The third-order valence-corrected chi connectivity index (χ3v) is 6.54. The fourth-order valence-electron chi connectivity index (χ4n) is 4.45. The van der Waals surface area contributed by atoms with E-state index in [0.29, 0.717) is 17.5 Å². The van der Waals surface area contributed by atoms with Crippen LogP contribution in [0.3, 0.4) is 0 Å². The molecule has 0 saturated carbocycles. The Hall–Kier alpha value is -2.79. The zero-order valence-corrected chi connectivity index (χ0v) is 17.7. The molecule has 3 heteroatoms. The van der Waals surface area contributed by atoms with Crippen molar-refractivity contribution >= 4 is 44.9 Å². The minimum absolute atomic E-state index is 0.104. The van der Waals surface area contributed by atoms with Gasteiger partial charge < -0.3 is 0 Å². The lowest BCUT2D eigenvalue weighted by Crippen LogP contribution is -2.41. The number of fused-ring (bicyclic) bond motifs is 2. The van der Waals surface area contributed by atoms with Crippen molar-refractivity contribution in [3.05, 3.63) is 117 Å². The second-order valence-electron chi connectivity index (χ2n) is 7.44. The smallest absolute Gasteiger partial charge is 0.182 e. The topological polar surface area (TPSA) is 34.1 Å². The Bertz CT molecular complexity index is 1230. The van der Waals surface area contributed by atoms with Crippen LogP contribution in [0.5, 0.6) is 0 Å². The van der Waals surface area contributed by atoms with Crippen molar-refractivity contribution in [1.29, 1.82) is 0 Å². The molecule has 0 saturated heterocycles. The molecule has 140 valence electrons. The molecule has 0 aliphatic heterocycles. The number of carbonyl (C=O) groups excluding carboxylic acids is 2. The second kappa shape index (κ2) is 6.92. The third kappa shape index (κ3) is 2.76. The molecule has 4 aromatic carbocycles. The predicted molar refractivity (Wildman–Crippen MR) is 124 cm³/mol. The molecule has 0 amide bonds. The van der Waals surface area contributed by atoms with Crippen LogP contribution in [0.4, 0.5) is 0 Å². The number of hydrogen-bond donors (Lipinski definition) is 0. The zero-order valence-electron chi connectivity index (χ0n) is 15.6. The summed E-state index contributed by atoms with van der Waals surface area (Å²) in [4.78, 5) is 27.6. The Morgan fingerprint density at radius 3 is 1.93 bits per heavy atom. The number of benzene rings is 4. The molecule has 5 rings (SSSR count). The Kier molecular flexibility index (Phi) is 4.36. The van der Waals surface area contributed by atoms with E-state index in [4.69, 9.17) is 0 Å². The molecule has 2 nitrogen and oxygen atoms in total. The Morgan fingerprint density at radius 1 is 0.655 bits per heavy atom. The van der Waals surface area contributed by atoms with E-state index in [1.165, 1.54) is 0 Å². The molecule has 29 heavy (non-hydrogen) atoms.